The summed E-state index contributed by atoms with van der Waals surface area (Å²) in [5.74, 6) is 0. The monoisotopic (exact) mass is 218 g/mol. The topological polar surface area (TPSA) is 63.9 Å². The molecule has 0 aliphatic rings. The quantitative estimate of drug-likeness (QED) is 0.419. The second-order valence-electron chi connectivity index (χ2n) is 2.01. The summed E-state index contributed by atoms with van der Waals surface area (Å²) < 4.78 is 0. The molecule has 0 aromatic heterocycles. The van der Waals surface area contributed by atoms with Crippen LogP contribution in [0, 0.1) is 0 Å². The molecule has 4 nitrogen and oxygen atoms in total. The van der Waals surface area contributed by atoms with E-state index in [1.165, 1.54) is 0 Å². The van der Waals surface area contributed by atoms with E-state index >= 15 is 0 Å². The van der Waals surface area contributed by atoms with E-state index in [1.54, 1.807) is 4.90 Å². The minimum atomic E-state index is 0. The zero-order valence-electron chi connectivity index (χ0n) is 9.03. The summed E-state index contributed by atoms with van der Waals surface area (Å²) in [4.78, 5) is 1.79. The Balaban J connectivity index is -0.000000135. The summed E-state index contributed by atoms with van der Waals surface area (Å²) in [5, 5.41) is 25.5. The molecule has 0 amide bonds. The zero-order chi connectivity index (χ0) is 7.82. The van der Waals surface area contributed by atoms with Crippen LogP contribution in [-0.2, 0) is 0 Å². The average Bonchev–Trinajstić information content (AvgIpc) is 1.90. The van der Waals surface area contributed by atoms with Gasteiger partial charge in [0.05, 0.1) is 19.8 Å². The third-order valence-electron chi connectivity index (χ3n) is 1.25. The van der Waals surface area contributed by atoms with Crippen molar-refractivity contribution < 1.29 is 15.3 Å². The van der Waals surface area contributed by atoms with Crippen molar-refractivity contribution in [1.29, 1.82) is 0 Å². The van der Waals surface area contributed by atoms with Crippen molar-refractivity contribution in [2.24, 2.45) is 0 Å². The average molecular weight is 218 g/mol. The molecule has 3 radical (unpaired) electrons. The molecule has 0 aromatic carbocycles. The van der Waals surface area contributed by atoms with Gasteiger partial charge in [-0.2, -0.15) is 0 Å². The van der Waals surface area contributed by atoms with E-state index < -0.39 is 0 Å². The van der Waals surface area contributed by atoms with Crippen LogP contribution in [0.1, 0.15) is 0 Å². The van der Waals surface area contributed by atoms with Crippen LogP contribution >= 0.6 is 0 Å². The number of nitrogens with zero attached hydrogens (tertiary/aromatic N) is 1. The van der Waals surface area contributed by atoms with Gasteiger partial charge in [0.2, 0.25) is 0 Å². The van der Waals surface area contributed by atoms with Gasteiger partial charge in [0.25, 0.3) is 0 Å². The molecule has 0 bridgehead atoms. The summed E-state index contributed by atoms with van der Waals surface area (Å²) in [5.41, 5.74) is 0. The van der Waals surface area contributed by atoms with Crippen molar-refractivity contribution in [2.75, 3.05) is 39.5 Å². The molecule has 0 rings (SSSR count). The van der Waals surface area contributed by atoms with E-state index in [0.717, 1.165) is 0 Å². The Kier molecular flexibility index (Phi) is 38.8. The predicted octanol–water partition coefficient (Wildman–Crippen LogP) is -2.88. The smallest absolute Gasteiger partial charge is 0.0558 e. The maximum Gasteiger partial charge on any atom is 0.0558 e. The number of rotatable bonds is 6. The molecule has 0 saturated carbocycles. The summed E-state index contributed by atoms with van der Waals surface area (Å²) in [6.07, 6.45) is 0. The van der Waals surface area contributed by atoms with E-state index in [2.05, 4.69) is 0 Å². The predicted molar refractivity (Wildman–Crippen MR) is 55.0 cm³/mol. The van der Waals surface area contributed by atoms with Gasteiger partial charge in [0.15, 0.2) is 0 Å². The van der Waals surface area contributed by atoms with Gasteiger partial charge in [-0.1, -0.05) is 0 Å². The molecule has 0 unspecified atom stereocenters. The molecule has 65 valence electrons. The van der Waals surface area contributed by atoms with Crippen LogP contribution < -0.4 is 0 Å². The normalized spacial score (nSPS) is 8.31. The second kappa shape index (κ2) is 20.3. The van der Waals surface area contributed by atoms with Crippen LogP contribution in [-0.4, -0.2) is 148 Å². The Morgan fingerprint density at radius 1 is 0.615 bits per heavy atom. The molecular weight excluding hydrogens is 203 g/mol. The number of aliphatic hydroxyl groups is 3. The van der Waals surface area contributed by atoms with Crippen molar-refractivity contribution in [2.45, 2.75) is 0 Å². The van der Waals surface area contributed by atoms with Gasteiger partial charge < -0.3 is 15.3 Å². The van der Waals surface area contributed by atoms with Crippen LogP contribution in [0.2, 0.25) is 0 Å². The first-order chi connectivity index (χ1) is 4.85. The van der Waals surface area contributed by atoms with E-state index in [4.69, 9.17) is 15.3 Å². The van der Waals surface area contributed by atoms with Crippen molar-refractivity contribution in [1.82, 2.24) is 4.90 Å². The van der Waals surface area contributed by atoms with Gasteiger partial charge in [-0.25, -0.2) is 0 Å². The van der Waals surface area contributed by atoms with E-state index in [1.807, 2.05) is 0 Å². The molecule has 13 heavy (non-hydrogen) atoms. The number of aliphatic hydroxyl groups excluding tert-OH is 3. The second-order valence-corrected chi connectivity index (χ2v) is 2.01. The molecule has 0 heterocycles. The first-order valence-electron chi connectivity index (χ1n) is 3.40. The van der Waals surface area contributed by atoms with Crippen LogP contribution in [0.5, 0.6) is 0 Å². The molecule has 7 heteroatoms. The minimum Gasteiger partial charge on any atom is -0.395 e. The van der Waals surface area contributed by atoms with Crippen LogP contribution in [0.4, 0.5) is 0 Å². The fourth-order valence-corrected chi connectivity index (χ4v) is 0.760. The Morgan fingerprint density at radius 3 is 1.00 bits per heavy atom. The number of hydrogen-bond donors (Lipinski definition) is 3. The molecule has 0 fully saturated rings. The molecule has 3 N–H and O–H groups in total. The summed E-state index contributed by atoms with van der Waals surface area (Å²) in [7, 11) is 0. The van der Waals surface area contributed by atoms with Crippen molar-refractivity contribution in [3.8, 4) is 0 Å². The fraction of sp³-hybridized carbons (Fsp3) is 1.00. The first kappa shape index (κ1) is 24.9. The maximum absolute atomic E-state index is 8.48. The van der Waals surface area contributed by atoms with Crippen molar-refractivity contribution in [3.05, 3.63) is 0 Å². The van der Waals surface area contributed by atoms with E-state index in [-0.39, 0.29) is 108 Å². The largest absolute Gasteiger partial charge is 0.395 e. The fourth-order valence-electron chi connectivity index (χ4n) is 0.760. The zero-order valence-corrected chi connectivity index (χ0v) is 15.0. The van der Waals surface area contributed by atoms with Gasteiger partial charge in [-0.15, -0.1) is 0 Å². The third kappa shape index (κ3) is 17.5. The molecule has 0 atom stereocenters. The van der Waals surface area contributed by atoms with Crippen LogP contribution in [0.25, 0.3) is 0 Å². The van der Waals surface area contributed by atoms with Crippen molar-refractivity contribution >= 4 is 88.7 Å². The van der Waals surface area contributed by atoms with Crippen LogP contribution in [0.3, 0.4) is 0 Å². The standard InChI is InChI=1S/C6H15NO3.3Na/c8-4-1-7(2-5-9)3-6-10;;;/h8-10H,1-6H2;;;. The molecular formula is C6H15NNa3O3. The summed E-state index contributed by atoms with van der Waals surface area (Å²) in [6, 6.07) is 0. The Morgan fingerprint density at radius 2 is 0.846 bits per heavy atom. The van der Waals surface area contributed by atoms with E-state index in [9.17, 15) is 0 Å². The SMILES string of the molecule is OCCN(CCO)CCO.[Na].[Na].[Na]. The van der Waals surface area contributed by atoms with Gasteiger partial charge in [-0.3, -0.25) is 4.90 Å². The Hall–Kier alpha value is 2.84. The van der Waals surface area contributed by atoms with Gasteiger partial charge in [0, 0.05) is 108 Å². The third-order valence-corrected chi connectivity index (χ3v) is 1.25. The first-order valence-corrected chi connectivity index (χ1v) is 3.40. The Bertz CT molecular complexity index is 65.9. The molecule has 0 aliphatic carbocycles. The van der Waals surface area contributed by atoms with Gasteiger partial charge in [-0.05, 0) is 0 Å². The molecule has 0 saturated heterocycles. The van der Waals surface area contributed by atoms with Crippen molar-refractivity contribution in [3.63, 3.8) is 0 Å². The minimum absolute atomic E-state index is 0. The molecule has 0 aromatic rings. The van der Waals surface area contributed by atoms with Gasteiger partial charge in [0.1, 0.15) is 0 Å². The summed E-state index contributed by atoms with van der Waals surface area (Å²) >= 11 is 0. The van der Waals surface area contributed by atoms with Gasteiger partial charge >= 0.3 is 0 Å². The molecule has 0 spiro atoms. The van der Waals surface area contributed by atoms with E-state index in [0.29, 0.717) is 19.6 Å². The number of hydrogen-bond acceptors (Lipinski definition) is 4. The summed E-state index contributed by atoms with van der Waals surface area (Å²) in [6.45, 7) is 1.75. The van der Waals surface area contributed by atoms with Crippen LogP contribution in [0.15, 0.2) is 0 Å². The molecule has 0 aliphatic heterocycles. The Labute approximate surface area is 146 Å². The maximum atomic E-state index is 8.48.